The zero-order valence-electron chi connectivity index (χ0n) is 16.0. The number of amides is 2. The highest BCUT2D eigenvalue weighted by Crippen LogP contribution is 2.19. The van der Waals surface area contributed by atoms with E-state index >= 15 is 0 Å². The number of likely N-dealkylation sites (tertiary alicyclic amines) is 1. The van der Waals surface area contributed by atoms with E-state index in [1.54, 1.807) is 7.11 Å². The molecule has 1 N–H and O–H groups in total. The summed E-state index contributed by atoms with van der Waals surface area (Å²) in [5.74, 6) is 1.01. The fourth-order valence-corrected chi connectivity index (χ4v) is 3.45. The first-order valence-electron chi connectivity index (χ1n) is 9.31. The van der Waals surface area contributed by atoms with Crippen molar-refractivity contribution in [1.29, 1.82) is 0 Å². The largest absolute Gasteiger partial charge is 0.496 e. The average Bonchev–Trinajstić information content (AvgIpc) is 3.06. The van der Waals surface area contributed by atoms with Gasteiger partial charge in [0.25, 0.3) is 0 Å². The van der Waals surface area contributed by atoms with E-state index in [9.17, 15) is 9.59 Å². The smallest absolute Gasteiger partial charge is 0.224 e. The summed E-state index contributed by atoms with van der Waals surface area (Å²) in [6.07, 6.45) is 1.90. The molecule has 0 atom stereocenters. The highest BCUT2D eigenvalue weighted by molar-refractivity contribution is 5.79. The molecule has 0 bridgehead atoms. The minimum Gasteiger partial charge on any atom is -0.496 e. The van der Waals surface area contributed by atoms with Crippen LogP contribution in [0.3, 0.4) is 0 Å². The summed E-state index contributed by atoms with van der Waals surface area (Å²) in [5, 5.41) is 3.00. The SMILES string of the molecule is COc1ccc(CC(=O)NCc2ccccc2CN2CCCC2=O)cc1C. The van der Waals surface area contributed by atoms with Gasteiger partial charge in [0.2, 0.25) is 11.8 Å². The first kappa shape index (κ1) is 19.0. The van der Waals surface area contributed by atoms with Crippen LogP contribution in [0.2, 0.25) is 0 Å². The molecule has 142 valence electrons. The second kappa shape index (κ2) is 8.71. The molecule has 1 aliphatic heterocycles. The van der Waals surface area contributed by atoms with Gasteiger partial charge in [0, 0.05) is 26.1 Å². The fourth-order valence-electron chi connectivity index (χ4n) is 3.45. The van der Waals surface area contributed by atoms with Gasteiger partial charge in [-0.05, 0) is 41.7 Å². The Morgan fingerprint density at radius 3 is 2.63 bits per heavy atom. The zero-order valence-corrected chi connectivity index (χ0v) is 16.0. The molecule has 0 saturated carbocycles. The van der Waals surface area contributed by atoms with Crippen molar-refractivity contribution < 1.29 is 14.3 Å². The maximum atomic E-state index is 12.4. The molecule has 0 aromatic heterocycles. The van der Waals surface area contributed by atoms with Gasteiger partial charge in [0.05, 0.1) is 13.5 Å². The van der Waals surface area contributed by atoms with E-state index in [0.717, 1.165) is 41.0 Å². The Balaban J connectivity index is 1.59. The quantitative estimate of drug-likeness (QED) is 0.820. The molecule has 2 aromatic rings. The average molecular weight is 366 g/mol. The third-order valence-corrected chi connectivity index (χ3v) is 4.95. The number of ether oxygens (including phenoxy) is 1. The summed E-state index contributed by atoms with van der Waals surface area (Å²) >= 11 is 0. The molecule has 0 spiro atoms. The number of nitrogens with zero attached hydrogens (tertiary/aromatic N) is 1. The maximum absolute atomic E-state index is 12.4. The Morgan fingerprint density at radius 1 is 1.19 bits per heavy atom. The monoisotopic (exact) mass is 366 g/mol. The molecule has 0 aliphatic carbocycles. The third kappa shape index (κ3) is 4.88. The molecular weight excluding hydrogens is 340 g/mol. The van der Waals surface area contributed by atoms with E-state index < -0.39 is 0 Å². The third-order valence-electron chi connectivity index (χ3n) is 4.95. The highest BCUT2D eigenvalue weighted by Gasteiger charge is 2.20. The van der Waals surface area contributed by atoms with Gasteiger partial charge in [0.1, 0.15) is 5.75 Å². The summed E-state index contributed by atoms with van der Waals surface area (Å²) in [7, 11) is 1.64. The summed E-state index contributed by atoms with van der Waals surface area (Å²) in [6, 6.07) is 13.8. The van der Waals surface area contributed by atoms with Crippen molar-refractivity contribution in [3.8, 4) is 5.75 Å². The number of carbonyl (C=O) groups is 2. The molecule has 2 amide bonds. The van der Waals surface area contributed by atoms with Crippen molar-refractivity contribution in [3.63, 3.8) is 0 Å². The molecule has 2 aromatic carbocycles. The van der Waals surface area contributed by atoms with Crippen molar-refractivity contribution in [2.75, 3.05) is 13.7 Å². The first-order valence-corrected chi connectivity index (χ1v) is 9.31. The standard InChI is InChI=1S/C22H26N2O3/c1-16-12-17(9-10-20(16)27-2)13-21(25)23-14-18-6-3-4-7-19(18)15-24-11-5-8-22(24)26/h3-4,6-7,9-10,12H,5,8,11,13-15H2,1-2H3,(H,23,25). The van der Waals surface area contributed by atoms with E-state index in [0.29, 0.717) is 25.9 Å². The van der Waals surface area contributed by atoms with Gasteiger partial charge in [-0.3, -0.25) is 9.59 Å². The Labute approximate surface area is 160 Å². The lowest BCUT2D eigenvalue weighted by Crippen LogP contribution is -2.27. The van der Waals surface area contributed by atoms with Crippen LogP contribution in [0, 0.1) is 6.92 Å². The van der Waals surface area contributed by atoms with Crippen molar-refractivity contribution in [1.82, 2.24) is 10.2 Å². The van der Waals surface area contributed by atoms with Gasteiger partial charge in [-0.1, -0.05) is 36.4 Å². The topological polar surface area (TPSA) is 58.6 Å². The minimum atomic E-state index is -0.0216. The van der Waals surface area contributed by atoms with Gasteiger partial charge in [0.15, 0.2) is 0 Å². The predicted octanol–water partition coefficient (Wildman–Crippen LogP) is 2.98. The number of hydrogen-bond acceptors (Lipinski definition) is 3. The van der Waals surface area contributed by atoms with Crippen LogP contribution in [0.15, 0.2) is 42.5 Å². The number of carbonyl (C=O) groups excluding carboxylic acids is 2. The number of methoxy groups -OCH3 is 1. The Kier molecular flexibility index (Phi) is 6.12. The molecule has 0 unspecified atom stereocenters. The molecular formula is C22H26N2O3. The summed E-state index contributed by atoms with van der Waals surface area (Å²) in [4.78, 5) is 26.1. The molecule has 27 heavy (non-hydrogen) atoms. The molecule has 1 heterocycles. The van der Waals surface area contributed by atoms with Crippen LogP contribution in [0.5, 0.6) is 5.75 Å². The molecule has 1 fully saturated rings. The van der Waals surface area contributed by atoms with Gasteiger partial charge in [-0.2, -0.15) is 0 Å². The molecule has 5 nitrogen and oxygen atoms in total. The molecule has 5 heteroatoms. The zero-order chi connectivity index (χ0) is 19.2. The second-order valence-corrected chi connectivity index (χ2v) is 6.95. The lowest BCUT2D eigenvalue weighted by molar-refractivity contribution is -0.128. The number of nitrogens with one attached hydrogen (secondary N) is 1. The Hall–Kier alpha value is -2.82. The van der Waals surface area contributed by atoms with Crippen molar-refractivity contribution in [2.24, 2.45) is 0 Å². The van der Waals surface area contributed by atoms with Crippen LogP contribution in [0.1, 0.15) is 35.1 Å². The Bertz CT molecular complexity index is 832. The summed E-state index contributed by atoms with van der Waals surface area (Å²) < 4.78 is 5.26. The summed E-state index contributed by atoms with van der Waals surface area (Å²) in [6.45, 7) is 3.86. The van der Waals surface area contributed by atoms with Crippen molar-refractivity contribution in [3.05, 3.63) is 64.7 Å². The van der Waals surface area contributed by atoms with Gasteiger partial charge in [-0.15, -0.1) is 0 Å². The van der Waals surface area contributed by atoms with E-state index in [4.69, 9.17) is 4.74 Å². The van der Waals surface area contributed by atoms with Gasteiger partial charge < -0.3 is 15.0 Å². The van der Waals surface area contributed by atoms with Gasteiger partial charge >= 0.3 is 0 Å². The maximum Gasteiger partial charge on any atom is 0.224 e. The van der Waals surface area contributed by atoms with Crippen LogP contribution >= 0.6 is 0 Å². The molecule has 1 saturated heterocycles. The number of benzene rings is 2. The van der Waals surface area contributed by atoms with Gasteiger partial charge in [-0.25, -0.2) is 0 Å². The first-order chi connectivity index (χ1) is 13.1. The lowest BCUT2D eigenvalue weighted by atomic mass is 10.1. The fraction of sp³-hybridized carbons (Fsp3) is 0.364. The van der Waals surface area contributed by atoms with Crippen molar-refractivity contribution in [2.45, 2.75) is 39.3 Å². The van der Waals surface area contributed by atoms with Crippen LogP contribution in [-0.2, 0) is 29.1 Å². The number of hydrogen-bond donors (Lipinski definition) is 1. The highest BCUT2D eigenvalue weighted by atomic mass is 16.5. The van der Waals surface area contributed by atoms with Crippen LogP contribution in [0.25, 0.3) is 0 Å². The van der Waals surface area contributed by atoms with E-state index in [-0.39, 0.29) is 11.8 Å². The van der Waals surface area contributed by atoms with Crippen LogP contribution < -0.4 is 10.1 Å². The molecule has 1 aliphatic rings. The molecule has 0 radical (unpaired) electrons. The molecule has 3 rings (SSSR count). The van der Waals surface area contributed by atoms with E-state index in [2.05, 4.69) is 5.32 Å². The lowest BCUT2D eigenvalue weighted by Gasteiger charge is -2.18. The van der Waals surface area contributed by atoms with Crippen molar-refractivity contribution >= 4 is 11.8 Å². The van der Waals surface area contributed by atoms with E-state index in [1.165, 1.54) is 0 Å². The van der Waals surface area contributed by atoms with E-state index in [1.807, 2.05) is 54.3 Å². The number of rotatable bonds is 7. The number of aryl methyl sites for hydroxylation is 1. The second-order valence-electron chi connectivity index (χ2n) is 6.95. The summed E-state index contributed by atoms with van der Waals surface area (Å²) in [5.41, 5.74) is 4.12. The predicted molar refractivity (Wildman–Crippen MR) is 104 cm³/mol. The van der Waals surface area contributed by atoms with Crippen LogP contribution in [0.4, 0.5) is 0 Å². The van der Waals surface area contributed by atoms with Crippen LogP contribution in [-0.4, -0.2) is 30.4 Å². The Morgan fingerprint density at radius 2 is 1.96 bits per heavy atom. The minimum absolute atomic E-state index is 0.0216. The normalized spacial score (nSPS) is 13.7.